The number of rotatable bonds is 7. The van der Waals surface area contributed by atoms with Crippen molar-refractivity contribution in [1.82, 2.24) is 9.80 Å². The molecule has 0 saturated carbocycles. The predicted molar refractivity (Wildman–Crippen MR) is 102 cm³/mol. The van der Waals surface area contributed by atoms with Crippen molar-refractivity contribution in [3.63, 3.8) is 0 Å². The average molecular weight is 379 g/mol. The van der Waals surface area contributed by atoms with Crippen LogP contribution in [-0.2, 0) is 4.74 Å². The highest BCUT2D eigenvalue weighted by Crippen LogP contribution is 2.25. The van der Waals surface area contributed by atoms with E-state index >= 15 is 0 Å². The molecule has 0 radical (unpaired) electrons. The standard InChI is InChI=1S/C19H29N3O5/c1-19(2,3)27-18(23)21-13-11-20(12-14-21)10-6-7-15-26-17-9-5-4-8-16(17)22(24)25/h4-5,8-9H,6-7,10-15H2,1-3H3. The minimum absolute atomic E-state index is 0.00392. The molecule has 0 bridgehead atoms. The third-order valence-corrected chi connectivity index (χ3v) is 4.21. The van der Waals surface area contributed by atoms with Gasteiger partial charge < -0.3 is 14.4 Å². The van der Waals surface area contributed by atoms with Gasteiger partial charge in [-0.25, -0.2) is 4.79 Å². The lowest BCUT2D eigenvalue weighted by molar-refractivity contribution is -0.385. The lowest BCUT2D eigenvalue weighted by atomic mass is 10.2. The molecule has 1 saturated heterocycles. The summed E-state index contributed by atoms with van der Waals surface area (Å²) in [6.45, 7) is 9.96. The van der Waals surface area contributed by atoms with Gasteiger partial charge in [0.1, 0.15) is 5.60 Å². The van der Waals surface area contributed by atoms with Crippen LogP contribution in [0, 0.1) is 10.1 Å². The Balaban J connectivity index is 1.63. The second kappa shape index (κ2) is 9.55. The van der Waals surface area contributed by atoms with Crippen molar-refractivity contribution in [1.29, 1.82) is 0 Å². The zero-order chi connectivity index (χ0) is 19.9. The Labute approximate surface area is 160 Å². The van der Waals surface area contributed by atoms with Crippen LogP contribution in [-0.4, -0.2) is 65.7 Å². The maximum Gasteiger partial charge on any atom is 0.410 e. The van der Waals surface area contributed by atoms with Gasteiger partial charge in [-0.3, -0.25) is 15.0 Å². The fourth-order valence-corrected chi connectivity index (χ4v) is 2.83. The molecule has 1 amide bonds. The number of carbonyl (C=O) groups is 1. The zero-order valence-corrected chi connectivity index (χ0v) is 16.3. The molecule has 8 nitrogen and oxygen atoms in total. The van der Waals surface area contributed by atoms with E-state index in [1.54, 1.807) is 23.1 Å². The zero-order valence-electron chi connectivity index (χ0n) is 16.3. The summed E-state index contributed by atoms with van der Waals surface area (Å²) < 4.78 is 11.0. The van der Waals surface area contributed by atoms with E-state index in [4.69, 9.17) is 9.47 Å². The molecule has 0 aliphatic carbocycles. The van der Waals surface area contributed by atoms with Gasteiger partial charge in [-0.05, 0) is 46.2 Å². The van der Waals surface area contributed by atoms with Gasteiger partial charge in [-0.2, -0.15) is 0 Å². The third kappa shape index (κ3) is 7.05. The van der Waals surface area contributed by atoms with Crippen LogP contribution in [0.1, 0.15) is 33.6 Å². The van der Waals surface area contributed by atoms with Gasteiger partial charge in [0.25, 0.3) is 0 Å². The summed E-state index contributed by atoms with van der Waals surface area (Å²) in [5.41, 5.74) is -0.474. The maximum absolute atomic E-state index is 12.1. The summed E-state index contributed by atoms with van der Waals surface area (Å²) in [6, 6.07) is 6.42. The Morgan fingerprint density at radius 2 is 1.81 bits per heavy atom. The monoisotopic (exact) mass is 379 g/mol. The maximum atomic E-state index is 12.1. The van der Waals surface area contributed by atoms with E-state index in [-0.39, 0.29) is 11.8 Å². The van der Waals surface area contributed by atoms with Gasteiger partial charge in [0.15, 0.2) is 5.75 Å². The van der Waals surface area contributed by atoms with Crippen molar-refractivity contribution in [2.75, 3.05) is 39.3 Å². The summed E-state index contributed by atoms with van der Waals surface area (Å²) >= 11 is 0. The topological polar surface area (TPSA) is 85.2 Å². The van der Waals surface area contributed by atoms with E-state index in [0.29, 0.717) is 25.4 Å². The van der Waals surface area contributed by atoms with Gasteiger partial charge in [0.2, 0.25) is 0 Å². The Morgan fingerprint density at radius 3 is 2.44 bits per heavy atom. The van der Waals surface area contributed by atoms with E-state index in [9.17, 15) is 14.9 Å². The summed E-state index contributed by atoms with van der Waals surface area (Å²) in [6.07, 6.45) is 1.51. The first kappa shape index (κ1) is 21.0. The van der Waals surface area contributed by atoms with Crippen LogP contribution in [0.25, 0.3) is 0 Å². The first-order valence-corrected chi connectivity index (χ1v) is 9.33. The smallest absolute Gasteiger partial charge is 0.410 e. The molecule has 0 atom stereocenters. The van der Waals surface area contributed by atoms with Crippen LogP contribution in [0.4, 0.5) is 10.5 Å². The summed E-state index contributed by atoms with van der Waals surface area (Å²) in [5.74, 6) is 0.313. The first-order valence-electron chi connectivity index (χ1n) is 9.33. The molecule has 1 aromatic rings. The number of hydrogen-bond donors (Lipinski definition) is 0. The number of amides is 1. The van der Waals surface area contributed by atoms with Crippen molar-refractivity contribution in [2.45, 2.75) is 39.2 Å². The lowest BCUT2D eigenvalue weighted by Crippen LogP contribution is -2.50. The fourth-order valence-electron chi connectivity index (χ4n) is 2.83. The van der Waals surface area contributed by atoms with Gasteiger partial charge >= 0.3 is 11.8 Å². The molecule has 8 heteroatoms. The number of nitro benzene ring substituents is 1. The lowest BCUT2D eigenvalue weighted by Gasteiger charge is -2.35. The molecular formula is C19H29N3O5. The van der Waals surface area contributed by atoms with Crippen LogP contribution < -0.4 is 4.74 Å². The number of nitrogens with zero attached hydrogens (tertiary/aromatic N) is 3. The number of hydrogen-bond acceptors (Lipinski definition) is 6. The van der Waals surface area contributed by atoms with Crippen molar-refractivity contribution in [3.05, 3.63) is 34.4 Å². The van der Waals surface area contributed by atoms with Gasteiger partial charge in [0.05, 0.1) is 11.5 Å². The number of piperazine rings is 1. The quantitative estimate of drug-likeness (QED) is 0.410. The van der Waals surface area contributed by atoms with E-state index < -0.39 is 10.5 Å². The second-order valence-corrected chi connectivity index (χ2v) is 7.59. The summed E-state index contributed by atoms with van der Waals surface area (Å²) in [4.78, 5) is 26.6. The van der Waals surface area contributed by atoms with E-state index in [2.05, 4.69) is 4.90 Å². The highest BCUT2D eigenvalue weighted by atomic mass is 16.6. The Kier molecular flexibility index (Phi) is 7.41. The van der Waals surface area contributed by atoms with Crippen LogP contribution in [0.3, 0.4) is 0 Å². The van der Waals surface area contributed by atoms with Crippen LogP contribution >= 0.6 is 0 Å². The largest absolute Gasteiger partial charge is 0.487 e. The molecule has 0 N–H and O–H groups in total. The highest BCUT2D eigenvalue weighted by molar-refractivity contribution is 5.68. The molecule has 2 rings (SSSR count). The van der Waals surface area contributed by atoms with Crippen LogP contribution in [0.2, 0.25) is 0 Å². The van der Waals surface area contributed by atoms with Gasteiger partial charge in [0, 0.05) is 32.2 Å². The minimum Gasteiger partial charge on any atom is -0.487 e. The predicted octanol–water partition coefficient (Wildman–Crippen LogP) is 3.31. The first-order chi connectivity index (χ1) is 12.8. The molecule has 0 aromatic heterocycles. The third-order valence-electron chi connectivity index (χ3n) is 4.21. The van der Waals surface area contributed by atoms with Crippen LogP contribution in [0.15, 0.2) is 24.3 Å². The number of nitro groups is 1. The van der Waals surface area contributed by atoms with Crippen molar-refractivity contribution >= 4 is 11.8 Å². The summed E-state index contributed by atoms with van der Waals surface area (Å²) in [5, 5.41) is 11.0. The van der Waals surface area contributed by atoms with Crippen molar-refractivity contribution < 1.29 is 19.2 Å². The molecular weight excluding hydrogens is 350 g/mol. The molecule has 1 fully saturated rings. The molecule has 1 aliphatic heterocycles. The Hall–Kier alpha value is -2.35. The number of benzene rings is 1. The fraction of sp³-hybridized carbons (Fsp3) is 0.632. The minimum atomic E-state index is -0.470. The van der Waals surface area contributed by atoms with E-state index in [0.717, 1.165) is 32.5 Å². The highest BCUT2D eigenvalue weighted by Gasteiger charge is 2.25. The number of carbonyl (C=O) groups excluding carboxylic acids is 1. The molecule has 1 aromatic carbocycles. The average Bonchev–Trinajstić information content (AvgIpc) is 2.60. The summed E-state index contributed by atoms with van der Waals surface area (Å²) in [7, 11) is 0. The molecule has 1 heterocycles. The van der Waals surface area contributed by atoms with E-state index in [1.165, 1.54) is 6.07 Å². The SMILES string of the molecule is CC(C)(C)OC(=O)N1CCN(CCCCOc2ccccc2[N+](=O)[O-])CC1. The second-order valence-electron chi connectivity index (χ2n) is 7.59. The van der Waals surface area contributed by atoms with Crippen LogP contribution in [0.5, 0.6) is 5.75 Å². The number of unbranched alkanes of at least 4 members (excludes halogenated alkanes) is 1. The van der Waals surface area contributed by atoms with Gasteiger partial charge in [-0.1, -0.05) is 12.1 Å². The number of ether oxygens (including phenoxy) is 2. The normalized spacial score (nSPS) is 15.4. The molecule has 0 spiro atoms. The van der Waals surface area contributed by atoms with Crippen molar-refractivity contribution in [2.24, 2.45) is 0 Å². The van der Waals surface area contributed by atoms with Crippen molar-refractivity contribution in [3.8, 4) is 5.75 Å². The molecule has 27 heavy (non-hydrogen) atoms. The molecule has 0 unspecified atom stereocenters. The van der Waals surface area contributed by atoms with Gasteiger partial charge in [-0.15, -0.1) is 0 Å². The molecule has 150 valence electrons. The Morgan fingerprint density at radius 1 is 1.15 bits per heavy atom. The number of para-hydroxylation sites is 2. The molecule has 1 aliphatic rings. The Bertz CT molecular complexity index is 636. The van der Waals surface area contributed by atoms with E-state index in [1.807, 2.05) is 20.8 Å².